The van der Waals surface area contributed by atoms with Crippen LogP contribution in [0.25, 0.3) is 0 Å². The number of nitrogens with one attached hydrogen (secondary N) is 1. The standard InChI is InChI=1S/C17H24N4O4/c1-12(10-13-6-4-3-5-7-13)20(2)11-15-18-17(19-25-15)14-8-9-16(24-14)21(22)23/h3-7,12,14,16,21-22H,8-11H2,1-2H3. The Morgan fingerprint density at radius 3 is 2.80 bits per heavy atom. The van der Waals surface area contributed by atoms with Gasteiger partial charge in [0, 0.05) is 12.5 Å². The fraction of sp³-hybridized carbons (Fsp3) is 0.529. The second-order valence-electron chi connectivity index (χ2n) is 6.53. The van der Waals surface area contributed by atoms with Gasteiger partial charge in [-0.05, 0) is 32.4 Å². The molecule has 4 unspecified atom stereocenters. The van der Waals surface area contributed by atoms with Crippen molar-refractivity contribution in [2.24, 2.45) is 0 Å². The predicted molar refractivity (Wildman–Crippen MR) is 88.3 cm³/mol. The summed E-state index contributed by atoms with van der Waals surface area (Å²) in [6.07, 6.45) is 0.824. The van der Waals surface area contributed by atoms with Gasteiger partial charge in [0.25, 0.3) is 0 Å². The Kier molecular flexibility index (Phi) is 5.77. The van der Waals surface area contributed by atoms with Crippen molar-refractivity contribution >= 4 is 0 Å². The van der Waals surface area contributed by atoms with Gasteiger partial charge in [0.2, 0.25) is 17.9 Å². The van der Waals surface area contributed by atoms with E-state index in [2.05, 4.69) is 34.1 Å². The Labute approximate surface area is 146 Å². The number of rotatable bonds is 7. The molecule has 0 spiro atoms. The molecule has 1 aliphatic heterocycles. The van der Waals surface area contributed by atoms with Crippen molar-refractivity contribution < 1.29 is 19.7 Å². The van der Waals surface area contributed by atoms with Crippen LogP contribution >= 0.6 is 0 Å². The molecule has 3 rings (SSSR count). The highest BCUT2D eigenvalue weighted by molar-refractivity contribution is 5.15. The van der Waals surface area contributed by atoms with E-state index in [9.17, 15) is 5.21 Å². The van der Waals surface area contributed by atoms with E-state index >= 15 is 0 Å². The van der Waals surface area contributed by atoms with E-state index in [1.165, 1.54) is 5.56 Å². The molecule has 8 nitrogen and oxygen atoms in total. The first-order valence-corrected chi connectivity index (χ1v) is 8.48. The molecular formula is C17H24N4O4. The minimum absolute atomic E-state index is 0.317. The Morgan fingerprint density at radius 2 is 2.12 bits per heavy atom. The third-order valence-corrected chi connectivity index (χ3v) is 4.58. The number of quaternary nitrogens is 1. The molecule has 1 aromatic heterocycles. The van der Waals surface area contributed by atoms with Crippen molar-refractivity contribution in [2.75, 3.05) is 7.05 Å². The third kappa shape index (κ3) is 4.62. The molecule has 2 N–H and O–H groups in total. The van der Waals surface area contributed by atoms with Crippen molar-refractivity contribution in [2.45, 2.75) is 51.1 Å². The lowest BCUT2D eigenvalue weighted by molar-refractivity contribution is -1.08. The first-order valence-electron chi connectivity index (χ1n) is 8.48. The fourth-order valence-corrected chi connectivity index (χ4v) is 2.95. The quantitative estimate of drug-likeness (QED) is 0.722. The summed E-state index contributed by atoms with van der Waals surface area (Å²) in [6, 6.07) is 10.6. The first-order chi connectivity index (χ1) is 12.0. The first kappa shape index (κ1) is 18.0. The molecule has 2 heterocycles. The lowest BCUT2D eigenvalue weighted by atomic mass is 10.1. The number of hydrogen-bond donors (Lipinski definition) is 2. The van der Waals surface area contributed by atoms with Crippen LogP contribution in [0.1, 0.15) is 43.1 Å². The van der Waals surface area contributed by atoms with Gasteiger partial charge in [-0.15, -0.1) is 0 Å². The van der Waals surface area contributed by atoms with Crippen LogP contribution in [0.4, 0.5) is 0 Å². The van der Waals surface area contributed by atoms with E-state index in [1.54, 1.807) is 0 Å². The maximum Gasteiger partial charge on any atom is 0.240 e. The number of nitrogens with zero attached hydrogens (tertiary/aromatic N) is 3. The van der Waals surface area contributed by atoms with E-state index in [0.717, 1.165) is 6.42 Å². The summed E-state index contributed by atoms with van der Waals surface area (Å²) >= 11 is 0. The fourth-order valence-electron chi connectivity index (χ4n) is 2.95. The SMILES string of the molecule is CC(Cc1ccccc1)N(C)Cc1nc(C2CCC([NH+]([O-])O)O2)no1. The Hall–Kier alpha value is -1.84. The molecule has 1 fully saturated rings. The van der Waals surface area contributed by atoms with Gasteiger partial charge >= 0.3 is 0 Å². The second kappa shape index (κ2) is 8.03. The normalized spacial score (nSPS) is 23.1. The number of hydroxylamine groups is 2. The van der Waals surface area contributed by atoms with Gasteiger partial charge < -0.3 is 14.5 Å². The van der Waals surface area contributed by atoms with Crippen LogP contribution < -0.4 is 5.23 Å². The maximum atomic E-state index is 11.0. The maximum absolute atomic E-state index is 11.0. The van der Waals surface area contributed by atoms with Gasteiger partial charge in [-0.1, -0.05) is 35.5 Å². The molecule has 25 heavy (non-hydrogen) atoms. The topological polar surface area (TPSA) is 99.1 Å². The molecule has 136 valence electrons. The summed E-state index contributed by atoms with van der Waals surface area (Å²) < 4.78 is 10.8. The summed E-state index contributed by atoms with van der Waals surface area (Å²) in [4.78, 5) is 6.53. The van der Waals surface area contributed by atoms with E-state index in [-0.39, 0.29) is 0 Å². The average Bonchev–Trinajstić information content (AvgIpc) is 3.24. The van der Waals surface area contributed by atoms with Crippen LogP contribution in [-0.2, 0) is 17.7 Å². The summed E-state index contributed by atoms with van der Waals surface area (Å²) in [5.41, 5.74) is 1.28. The van der Waals surface area contributed by atoms with Gasteiger partial charge in [-0.25, -0.2) is 10.4 Å². The van der Waals surface area contributed by atoms with E-state index in [4.69, 9.17) is 14.5 Å². The summed E-state index contributed by atoms with van der Waals surface area (Å²) in [6.45, 7) is 2.69. The second-order valence-corrected chi connectivity index (χ2v) is 6.53. The molecular weight excluding hydrogens is 324 g/mol. The van der Waals surface area contributed by atoms with Crippen molar-refractivity contribution in [3.63, 3.8) is 0 Å². The van der Waals surface area contributed by atoms with Crippen LogP contribution in [-0.4, -0.2) is 39.6 Å². The number of ether oxygens (including phenoxy) is 1. The average molecular weight is 348 g/mol. The number of aromatic nitrogens is 2. The Balaban J connectivity index is 1.54. The van der Waals surface area contributed by atoms with Crippen molar-refractivity contribution in [1.29, 1.82) is 0 Å². The zero-order chi connectivity index (χ0) is 17.8. The Bertz CT molecular complexity index is 664. The van der Waals surface area contributed by atoms with Gasteiger partial charge in [0.15, 0.2) is 0 Å². The van der Waals surface area contributed by atoms with Crippen LogP contribution in [0.2, 0.25) is 0 Å². The zero-order valence-electron chi connectivity index (χ0n) is 14.5. The highest BCUT2D eigenvalue weighted by Gasteiger charge is 2.34. The van der Waals surface area contributed by atoms with Crippen molar-refractivity contribution in [1.82, 2.24) is 15.0 Å². The van der Waals surface area contributed by atoms with Crippen molar-refractivity contribution in [3.05, 3.63) is 52.8 Å². The van der Waals surface area contributed by atoms with Crippen LogP contribution in [0.15, 0.2) is 34.9 Å². The number of benzene rings is 1. The number of hydrogen-bond acceptors (Lipinski definition) is 7. The monoisotopic (exact) mass is 348 g/mol. The van der Waals surface area contributed by atoms with Gasteiger partial charge in [0.1, 0.15) is 6.10 Å². The Morgan fingerprint density at radius 1 is 1.36 bits per heavy atom. The molecule has 4 atom stereocenters. The van der Waals surface area contributed by atoms with Gasteiger partial charge in [0.05, 0.1) is 6.54 Å². The third-order valence-electron chi connectivity index (χ3n) is 4.58. The minimum atomic E-state index is -0.944. The molecule has 0 saturated carbocycles. The molecule has 8 heteroatoms. The van der Waals surface area contributed by atoms with Crippen molar-refractivity contribution in [3.8, 4) is 0 Å². The van der Waals surface area contributed by atoms with Gasteiger partial charge in [-0.3, -0.25) is 4.90 Å². The predicted octanol–water partition coefficient (Wildman–Crippen LogP) is 1.08. The van der Waals surface area contributed by atoms with E-state index in [1.807, 2.05) is 25.2 Å². The molecule has 0 aliphatic carbocycles. The van der Waals surface area contributed by atoms with Crippen LogP contribution in [0, 0.1) is 5.21 Å². The zero-order valence-corrected chi connectivity index (χ0v) is 14.5. The molecule has 1 aliphatic rings. The molecule has 0 radical (unpaired) electrons. The summed E-state index contributed by atoms with van der Waals surface area (Å²) in [5.74, 6) is 0.947. The smallest absolute Gasteiger partial charge is 0.240 e. The lowest BCUT2D eigenvalue weighted by Crippen LogP contribution is -3.09. The van der Waals surface area contributed by atoms with Gasteiger partial charge in [-0.2, -0.15) is 4.98 Å². The van der Waals surface area contributed by atoms with E-state index in [0.29, 0.717) is 37.1 Å². The molecule has 0 bridgehead atoms. The van der Waals surface area contributed by atoms with Crippen LogP contribution in [0.5, 0.6) is 0 Å². The minimum Gasteiger partial charge on any atom is -0.598 e. The molecule has 2 aromatic rings. The number of likely N-dealkylation sites (N-methyl/N-ethyl adjacent to an activating group) is 1. The molecule has 1 saturated heterocycles. The highest BCUT2D eigenvalue weighted by Crippen LogP contribution is 2.28. The molecule has 1 aromatic carbocycles. The van der Waals surface area contributed by atoms with E-state index < -0.39 is 17.6 Å². The molecule has 0 amide bonds. The summed E-state index contributed by atoms with van der Waals surface area (Å²) in [5, 5.41) is 23.0. The summed E-state index contributed by atoms with van der Waals surface area (Å²) in [7, 11) is 2.02. The van der Waals surface area contributed by atoms with Crippen LogP contribution in [0.3, 0.4) is 0 Å². The lowest BCUT2D eigenvalue weighted by Gasteiger charge is -2.23. The largest absolute Gasteiger partial charge is 0.598 e. The highest BCUT2D eigenvalue weighted by atomic mass is 16.8.